The molecule has 0 radical (unpaired) electrons. The maximum atomic E-state index is 6.00. The van der Waals surface area contributed by atoms with Crippen molar-refractivity contribution in [2.75, 3.05) is 31.1 Å². The van der Waals surface area contributed by atoms with E-state index in [1.54, 1.807) is 0 Å². The summed E-state index contributed by atoms with van der Waals surface area (Å²) in [6, 6.07) is 3.81. The first kappa shape index (κ1) is 14.3. The Morgan fingerprint density at radius 3 is 2.52 bits per heavy atom. The lowest BCUT2D eigenvalue weighted by Gasteiger charge is -2.34. The van der Waals surface area contributed by atoms with Gasteiger partial charge in [0.1, 0.15) is 16.8 Å². The average Bonchev–Trinajstić information content (AvgIpc) is 2.84. The molecule has 2 aromatic rings. The molecule has 6 nitrogen and oxygen atoms in total. The zero-order valence-corrected chi connectivity index (χ0v) is 13.0. The molecular formula is C14H18ClN5O. The molecule has 0 N–H and O–H groups in total. The molecule has 1 fully saturated rings. The number of rotatable bonds is 3. The van der Waals surface area contributed by atoms with Crippen LogP contribution < -0.4 is 4.90 Å². The van der Waals surface area contributed by atoms with Crippen LogP contribution in [-0.2, 0) is 6.54 Å². The normalized spacial score (nSPS) is 16.4. The number of halogens is 1. The summed E-state index contributed by atoms with van der Waals surface area (Å²) >= 11 is 6.00. The Hall–Kier alpha value is -1.66. The highest BCUT2D eigenvalue weighted by Gasteiger charge is 2.20. The van der Waals surface area contributed by atoms with Gasteiger partial charge in [0.2, 0.25) is 0 Å². The van der Waals surface area contributed by atoms with Crippen LogP contribution in [0.2, 0.25) is 5.15 Å². The Kier molecular flexibility index (Phi) is 4.07. The van der Waals surface area contributed by atoms with Gasteiger partial charge < -0.3 is 9.42 Å². The molecule has 0 unspecified atom stereocenters. The molecule has 0 spiro atoms. The zero-order valence-electron chi connectivity index (χ0n) is 12.2. The van der Waals surface area contributed by atoms with Crippen molar-refractivity contribution in [3.63, 3.8) is 0 Å². The molecule has 21 heavy (non-hydrogen) atoms. The molecule has 3 rings (SSSR count). The summed E-state index contributed by atoms with van der Waals surface area (Å²) in [6.07, 6.45) is 0. The van der Waals surface area contributed by atoms with Gasteiger partial charge in [-0.1, -0.05) is 16.8 Å². The predicted octanol–water partition coefficient (Wildman–Crippen LogP) is 2.06. The summed E-state index contributed by atoms with van der Waals surface area (Å²) < 4.78 is 5.27. The van der Waals surface area contributed by atoms with Gasteiger partial charge in [0.15, 0.2) is 5.76 Å². The number of aromatic nitrogens is 3. The minimum absolute atomic E-state index is 0.497. The van der Waals surface area contributed by atoms with Gasteiger partial charge in [-0.15, -0.1) is 0 Å². The van der Waals surface area contributed by atoms with E-state index in [1.165, 1.54) is 0 Å². The van der Waals surface area contributed by atoms with Gasteiger partial charge in [0.05, 0.1) is 12.2 Å². The zero-order chi connectivity index (χ0) is 14.8. The number of piperazine rings is 1. The third kappa shape index (κ3) is 3.51. The van der Waals surface area contributed by atoms with E-state index in [9.17, 15) is 0 Å². The first-order chi connectivity index (χ1) is 10.1. The Labute approximate surface area is 128 Å². The van der Waals surface area contributed by atoms with Crippen LogP contribution in [0.1, 0.15) is 17.3 Å². The summed E-state index contributed by atoms with van der Waals surface area (Å²) in [5.41, 5.74) is 0.926. The molecule has 0 saturated carbocycles. The maximum absolute atomic E-state index is 6.00. The number of anilines is 1. The highest BCUT2D eigenvalue weighted by molar-refractivity contribution is 6.29. The second-order valence-corrected chi connectivity index (χ2v) is 5.68. The van der Waals surface area contributed by atoms with Crippen LogP contribution in [0.15, 0.2) is 16.7 Å². The van der Waals surface area contributed by atoms with E-state index < -0.39 is 0 Å². The van der Waals surface area contributed by atoms with Crippen molar-refractivity contribution < 1.29 is 4.52 Å². The molecule has 0 aromatic carbocycles. The molecule has 0 atom stereocenters. The summed E-state index contributed by atoms with van der Waals surface area (Å²) in [4.78, 5) is 13.1. The van der Waals surface area contributed by atoms with E-state index in [0.29, 0.717) is 11.0 Å². The van der Waals surface area contributed by atoms with Gasteiger partial charge in [-0.3, -0.25) is 4.90 Å². The molecule has 7 heteroatoms. The smallest absolute Gasteiger partial charge is 0.150 e. The van der Waals surface area contributed by atoms with Gasteiger partial charge in [-0.05, 0) is 13.8 Å². The van der Waals surface area contributed by atoms with Gasteiger partial charge in [0, 0.05) is 38.3 Å². The molecular weight excluding hydrogens is 290 g/mol. The lowest BCUT2D eigenvalue weighted by atomic mass is 10.3. The highest BCUT2D eigenvalue weighted by Crippen LogP contribution is 2.18. The van der Waals surface area contributed by atoms with E-state index >= 15 is 0 Å². The van der Waals surface area contributed by atoms with Gasteiger partial charge in [-0.25, -0.2) is 9.97 Å². The second-order valence-electron chi connectivity index (χ2n) is 5.29. The topological polar surface area (TPSA) is 58.3 Å². The van der Waals surface area contributed by atoms with Crippen molar-refractivity contribution >= 4 is 17.4 Å². The van der Waals surface area contributed by atoms with Crippen LogP contribution in [0.25, 0.3) is 0 Å². The largest absolute Gasteiger partial charge is 0.360 e. The van der Waals surface area contributed by atoms with Crippen LogP contribution in [-0.4, -0.2) is 46.2 Å². The van der Waals surface area contributed by atoms with Crippen LogP contribution in [0.3, 0.4) is 0 Å². The molecule has 0 amide bonds. The molecule has 1 aliphatic heterocycles. The average molecular weight is 308 g/mol. The number of hydrogen-bond donors (Lipinski definition) is 0. The molecule has 112 valence electrons. The fourth-order valence-corrected chi connectivity index (χ4v) is 2.74. The van der Waals surface area contributed by atoms with Crippen molar-refractivity contribution in [2.24, 2.45) is 0 Å². The van der Waals surface area contributed by atoms with E-state index in [2.05, 4.69) is 24.9 Å². The highest BCUT2D eigenvalue weighted by atomic mass is 35.5. The lowest BCUT2D eigenvalue weighted by molar-refractivity contribution is 0.219. The summed E-state index contributed by atoms with van der Waals surface area (Å²) in [7, 11) is 0. The standard InChI is InChI=1S/C14H18ClN5O/c1-10-7-12(21-18-10)9-19-3-5-20(6-4-19)14-8-13(15)16-11(2)17-14/h7-8H,3-6,9H2,1-2H3. The quantitative estimate of drug-likeness (QED) is 0.809. The summed E-state index contributed by atoms with van der Waals surface area (Å²) in [6.45, 7) is 8.35. The molecule has 3 heterocycles. The number of aryl methyl sites for hydroxylation is 2. The summed E-state index contributed by atoms with van der Waals surface area (Å²) in [5, 5.41) is 4.42. The van der Waals surface area contributed by atoms with E-state index in [4.69, 9.17) is 16.1 Å². The van der Waals surface area contributed by atoms with Gasteiger partial charge in [-0.2, -0.15) is 0 Å². The molecule has 0 aliphatic carbocycles. The lowest BCUT2D eigenvalue weighted by Crippen LogP contribution is -2.46. The third-order valence-electron chi connectivity index (χ3n) is 3.55. The van der Waals surface area contributed by atoms with Gasteiger partial charge >= 0.3 is 0 Å². The fourth-order valence-electron chi connectivity index (χ4n) is 2.52. The number of hydrogen-bond acceptors (Lipinski definition) is 6. The van der Waals surface area contributed by atoms with Crippen molar-refractivity contribution in [1.82, 2.24) is 20.0 Å². The monoisotopic (exact) mass is 307 g/mol. The van der Waals surface area contributed by atoms with Crippen molar-refractivity contribution in [3.8, 4) is 0 Å². The fraction of sp³-hybridized carbons (Fsp3) is 0.500. The Bertz CT molecular complexity index is 601. The second kappa shape index (κ2) is 5.99. The first-order valence-corrected chi connectivity index (χ1v) is 7.38. The van der Waals surface area contributed by atoms with E-state index in [0.717, 1.165) is 50.0 Å². The van der Waals surface area contributed by atoms with Crippen LogP contribution in [0.4, 0.5) is 5.82 Å². The Morgan fingerprint density at radius 1 is 1.14 bits per heavy atom. The van der Waals surface area contributed by atoms with E-state index in [-0.39, 0.29) is 0 Å². The van der Waals surface area contributed by atoms with Crippen LogP contribution in [0.5, 0.6) is 0 Å². The van der Waals surface area contributed by atoms with Crippen molar-refractivity contribution in [1.29, 1.82) is 0 Å². The molecule has 2 aromatic heterocycles. The predicted molar refractivity (Wildman–Crippen MR) is 80.5 cm³/mol. The minimum atomic E-state index is 0.497. The van der Waals surface area contributed by atoms with Crippen molar-refractivity contribution in [2.45, 2.75) is 20.4 Å². The molecule has 1 aliphatic rings. The SMILES string of the molecule is Cc1cc(CN2CCN(c3cc(Cl)nc(C)n3)CC2)on1. The van der Waals surface area contributed by atoms with Crippen molar-refractivity contribution in [3.05, 3.63) is 34.6 Å². The molecule has 1 saturated heterocycles. The van der Waals surface area contributed by atoms with Crippen LogP contribution >= 0.6 is 11.6 Å². The Morgan fingerprint density at radius 2 is 1.90 bits per heavy atom. The molecule has 0 bridgehead atoms. The summed E-state index contributed by atoms with van der Waals surface area (Å²) in [5.74, 6) is 2.53. The first-order valence-electron chi connectivity index (χ1n) is 7.01. The maximum Gasteiger partial charge on any atom is 0.150 e. The number of nitrogens with zero attached hydrogens (tertiary/aromatic N) is 5. The minimum Gasteiger partial charge on any atom is -0.360 e. The third-order valence-corrected chi connectivity index (χ3v) is 3.74. The van der Waals surface area contributed by atoms with Crippen LogP contribution in [0, 0.1) is 13.8 Å². The van der Waals surface area contributed by atoms with Gasteiger partial charge in [0.25, 0.3) is 0 Å². The Balaban J connectivity index is 1.59. The van der Waals surface area contributed by atoms with E-state index in [1.807, 2.05) is 26.0 Å².